The molecule has 0 fully saturated rings. The monoisotopic (exact) mass is 356 g/mol. The first-order valence-electron chi connectivity index (χ1n) is 7.83. The summed E-state index contributed by atoms with van der Waals surface area (Å²) in [4.78, 5) is 41.1. The minimum absolute atomic E-state index is 0.284. The van der Waals surface area contributed by atoms with Crippen LogP contribution in [-0.4, -0.2) is 28.5 Å². The van der Waals surface area contributed by atoms with Crippen LogP contribution in [0.25, 0.3) is 6.08 Å². The van der Waals surface area contributed by atoms with Gasteiger partial charge in [0, 0.05) is 25.7 Å². The number of amides is 1. The van der Waals surface area contributed by atoms with Gasteiger partial charge in [-0.1, -0.05) is 18.2 Å². The molecule has 0 aliphatic rings. The Balaban J connectivity index is 2.34. The number of pyridine rings is 1. The van der Waals surface area contributed by atoms with E-state index >= 15 is 0 Å². The average Bonchev–Trinajstić information content (AvgIpc) is 2.58. The molecule has 2 aromatic rings. The van der Waals surface area contributed by atoms with Gasteiger partial charge in [0.2, 0.25) is 5.91 Å². The molecule has 1 heterocycles. The van der Waals surface area contributed by atoms with Gasteiger partial charge in [0.25, 0.3) is 5.56 Å². The van der Waals surface area contributed by atoms with Gasteiger partial charge in [0.05, 0.1) is 12.8 Å². The van der Waals surface area contributed by atoms with Gasteiger partial charge in [-0.05, 0) is 30.7 Å². The Morgan fingerprint density at radius 2 is 1.96 bits per heavy atom. The highest BCUT2D eigenvalue weighted by Crippen LogP contribution is 2.19. The quantitative estimate of drug-likeness (QED) is 0.504. The summed E-state index contributed by atoms with van der Waals surface area (Å²) in [6, 6.07) is 8.14. The Kier molecular flexibility index (Phi) is 5.74. The first-order valence-corrected chi connectivity index (χ1v) is 7.83. The SMILES string of the molecule is CON(C(C)=O)c1cccc(/C=C/C(=O)c2c(O)cc(C)n(C)c2=O)c1. The third kappa shape index (κ3) is 3.89. The Bertz CT molecular complexity index is 943. The van der Waals surface area contributed by atoms with E-state index in [1.165, 1.54) is 43.9 Å². The summed E-state index contributed by atoms with van der Waals surface area (Å²) in [7, 11) is 2.91. The predicted molar refractivity (Wildman–Crippen MR) is 98.1 cm³/mol. The van der Waals surface area contributed by atoms with Gasteiger partial charge in [-0.25, -0.2) is 0 Å². The van der Waals surface area contributed by atoms with Crippen LogP contribution >= 0.6 is 0 Å². The lowest BCUT2D eigenvalue weighted by Crippen LogP contribution is -2.26. The van der Waals surface area contributed by atoms with Crippen LogP contribution in [0.1, 0.15) is 28.5 Å². The minimum Gasteiger partial charge on any atom is -0.507 e. The van der Waals surface area contributed by atoms with Crippen molar-refractivity contribution in [1.29, 1.82) is 0 Å². The molecule has 1 aromatic carbocycles. The summed E-state index contributed by atoms with van der Waals surface area (Å²) in [6.07, 6.45) is 2.70. The maximum absolute atomic E-state index is 12.4. The van der Waals surface area contributed by atoms with Crippen LogP contribution in [0.3, 0.4) is 0 Å². The molecule has 136 valence electrons. The van der Waals surface area contributed by atoms with E-state index in [2.05, 4.69) is 0 Å². The van der Waals surface area contributed by atoms with Crippen molar-refractivity contribution in [3.05, 3.63) is 63.6 Å². The number of benzene rings is 1. The fourth-order valence-electron chi connectivity index (χ4n) is 2.46. The summed E-state index contributed by atoms with van der Waals surface area (Å²) in [6.45, 7) is 3.03. The fourth-order valence-corrected chi connectivity index (χ4v) is 2.46. The summed E-state index contributed by atoms with van der Waals surface area (Å²) >= 11 is 0. The molecule has 0 saturated heterocycles. The van der Waals surface area contributed by atoms with Crippen molar-refractivity contribution in [2.45, 2.75) is 13.8 Å². The van der Waals surface area contributed by atoms with Gasteiger partial charge >= 0.3 is 0 Å². The molecule has 0 bridgehead atoms. The van der Waals surface area contributed by atoms with Gasteiger partial charge < -0.3 is 9.67 Å². The first kappa shape index (κ1) is 19.1. The number of carbonyl (C=O) groups is 2. The van der Waals surface area contributed by atoms with Gasteiger partial charge in [-0.3, -0.25) is 19.2 Å². The second-order valence-electron chi connectivity index (χ2n) is 5.70. The van der Waals surface area contributed by atoms with Crippen molar-refractivity contribution < 1.29 is 19.5 Å². The highest BCUT2D eigenvalue weighted by Gasteiger charge is 2.16. The van der Waals surface area contributed by atoms with E-state index in [-0.39, 0.29) is 17.2 Å². The standard InChI is InChI=1S/C19H20N2O5/c1-12-10-17(24)18(19(25)20(12)3)16(23)9-8-14-6-5-7-15(11-14)21(26-4)13(2)22/h5-11,24H,1-4H3/b9-8+. The molecule has 0 aliphatic heterocycles. The molecule has 26 heavy (non-hydrogen) atoms. The maximum Gasteiger partial charge on any atom is 0.265 e. The molecule has 0 spiro atoms. The number of allylic oxidation sites excluding steroid dienone is 1. The number of hydrogen-bond donors (Lipinski definition) is 1. The zero-order valence-corrected chi connectivity index (χ0v) is 15.0. The summed E-state index contributed by atoms with van der Waals surface area (Å²) in [5.74, 6) is -1.25. The first-order chi connectivity index (χ1) is 12.3. The molecule has 0 radical (unpaired) electrons. The number of hydrogen-bond acceptors (Lipinski definition) is 5. The number of rotatable bonds is 5. The van der Waals surface area contributed by atoms with Gasteiger partial charge in [-0.2, -0.15) is 5.06 Å². The number of aromatic hydroxyl groups is 1. The van der Waals surface area contributed by atoms with E-state index in [1.54, 1.807) is 31.2 Å². The molecule has 1 amide bonds. The third-order valence-electron chi connectivity index (χ3n) is 3.90. The molecule has 0 aliphatic carbocycles. The highest BCUT2D eigenvalue weighted by atomic mass is 16.7. The zero-order chi connectivity index (χ0) is 19.4. The lowest BCUT2D eigenvalue weighted by molar-refractivity contribution is -0.122. The van der Waals surface area contributed by atoms with Crippen LogP contribution in [0.4, 0.5) is 5.69 Å². The van der Waals surface area contributed by atoms with Crippen LogP contribution in [0.2, 0.25) is 0 Å². The molecule has 0 atom stereocenters. The molecule has 0 unspecified atom stereocenters. The number of carbonyl (C=O) groups excluding carboxylic acids is 2. The van der Waals surface area contributed by atoms with Gasteiger partial charge in [0.15, 0.2) is 5.78 Å². The van der Waals surface area contributed by atoms with Crippen molar-refractivity contribution in [1.82, 2.24) is 4.57 Å². The van der Waals surface area contributed by atoms with E-state index in [9.17, 15) is 19.5 Å². The van der Waals surface area contributed by atoms with Crippen molar-refractivity contribution in [3.8, 4) is 5.75 Å². The average molecular weight is 356 g/mol. The second-order valence-corrected chi connectivity index (χ2v) is 5.70. The van der Waals surface area contributed by atoms with E-state index < -0.39 is 11.3 Å². The van der Waals surface area contributed by atoms with Crippen molar-refractivity contribution in [2.24, 2.45) is 7.05 Å². The Morgan fingerprint density at radius 3 is 2.58 bits per heavy atom. The van der Waals surface area contributed by atoms with Crippen molar-refractivity contribution in [2.75, 3.05) is 12.2 Å². The molecular formula is C19H20N2O5. The van der Waals surface area contributed by atoms with Crippen molar-refractivity contribution in [3.63, 3.8) is 0 Å². The van der Waals surface area contributed by atoms with Gasteiger partial charge in [0.1, 0.15) is 11.3 Å². The van der Waals surface area contributed by atoms with Gasteiger partial charge in [-0.15, -0.1) is 0 Å². The maximum atomic E-state index is 12.4. The lowest BCUT2D eigenvalue weighted by atomic mass is 10.1. The van der Waals surface area contributed by atoms with E-state index in [1.807, 2.05) is 0 Å². The number of hydroxylamine groups is 1. The van der Waals surface area contributed by atoms with Crippen molar-refractivity contribution >= 4 is 23.5 Å². The minimum atomic E-state index is -0.608. The largest absolute Gasteiger partial charge is 0.507 e. The highest BCUT2D eigenvalue weighted by molar-refractivity contribution is 6.08. The van der Waals surface area contributed by atoms with Crippen LogP contribution in [-0.2, 0) is 16.7 Å². The number of ketones is 1. The molecule has 1 N–H and O–H groups in total. The topological polar surface area (TPSA) is 88.8 Å². The summed E-state index contributed by atoms with van der Waals surface area (Å²) in [5, 5.41) is 11.1. The molecular weight excluding hydrogens is 336 g/mol. The smallest absolute Gasteiger partial charge is 0.265 e. The van der Waals surface area contributed by atoms with Crippen LogP contribution < -0.4 is 10.6 Å². The number of aryl methyl sites for hydroxylation is 1. The van der Waals surface area contributed by atoms with Crippen LogP contribution in [0.5, 0.6) is 5.75 Å². The number of anilines is 1. The Hall–Kier alpha value is -3.19. The Labute approximate surface area is 150 Å². The second kappa shape index (κ2) is 7.79. The molecule has 7 heteroatoms. The number of nitrogens with zero attached hydrogens (tertiary/aromatic N) is 2. The normalized spacial score (nSPS) is 10.9. The third-order valence-corrected chi connectivity index (χ3v) is 3.90. The summed E-state index contributed by atoms with van der Waals surface area (Å²) < 4.78 is 1.30. The molecule has 0 saturated carbocycles. The molecule has 2 rings (SSSR count). The summed E-state index contributed by atoms with van der Waals surface area (Å²) in [5.41, 5.74) is 0.830. The van der Waals surface area contributed by atoms with E-state index in [0.29, 0.717) is 16.9 Å². The van der Waals surface area contributed by atoms with E-state index in [4.69, 9.17) is 4.84 Å². The van der Waals surface area contributed by atoms with Crippen LogP contribution in [0, 0.1) is 6.92 Å². The van der Waals surface area contributed by atoms with Crippen LogP contribution in [0.15, 0.2) is 41.2 Å². The predicted octanol–water partition coefficient (Wildman–Crippen LogP) is 2.21. The lowest BCUT2D eigenvalue weighted by Gasteiger charge is -2.17. The number of aromatic nitrogens is 1. The zero-order valence-electron chi connectivity index (χ0n) is 15.0. The Morgan fingerprint density at radius 1 is 1.27 bits per heavy atom. The molecule has 1 aromatic heterocycles. The fraction of sp³-hybridized carbons (Fsp3) is 0.211. The van der Waals surface area contributed by atoms with E-state index in [0.717, 1.165) is 5.06 Å². The molecule has 7 nitrogen and oxygen atoms in total.